The normalized spacial score (nSPS) is 19.0. The van der Waals surface area contributed by atoms with Crippen LogP contribution in [0.5, 0.6) is 0 Å². The minimum absolute atomic E-state index is 0.131. The number of rotatable bonds is 5. The number of piperazine rings is 1. The molecule has 0 aromatic heterocycles. The summed E-state index contributed by atoms with van der Waals surface area (Å²) in [6.07, 6.45) is 0. The number of imide groups is 1. The first-order valence-corrected chi connectivity index (χ1v) is 9.98. The molecular formula is C22H31N3O2. The van der Waals surface area contributed by atoms with E-state index < -0.39 is 0 Å². The molecule has 0 N–H and O–H groups in total. The summed E-state index contributed by atoms with van der Waals surface area (Å²) in [5.41, 5.74) is 4.28. The lowest BCUT2D eigenvalue weighted by molar-refractivity contribution is -0.138. The summed E-state index contributed by atoms with van der Waals surface area (Å²) in [5.74, 6) is -0.0308. The van der Waals surface area contributed by atoms with Crippen molar-refractivity contribution >= 4 is 17.4 Å². The fraction of sp³-hybridized carbons (Fsp3) is 0.545. The molecule has 0 saturated carbocycles. The first-order chi connectivity index (χ1) is 12.8. The lowest BCUT2D eigenvalue weighted by Crippen LogP contribution is -2.47. The SMILES string of the molecule is CCN1CCN(C2=C(c3ccc(C)cc3C)C(=O)N(CC(C)C)C2=O)CC1. The molecule has 1 fully saturated rings. The van der Waals surface area contributed by atoms with E-state index in [1.54, 1.807) is 0 Å². The Bertz CT molecular complexity index is 774. The van der Waals surface area contributed by atoms with Crippen LogP contribution < -0.4 is 0 Å². The Morgan fingerprint density at radius 2 is 1.67 bits per heavy atom. The maximum absolute atomic E-state index is 13.3. The Kier molecular flexibility index (Phi) is 5.70. The van der Waals surface area contributed by atoms with Crippen LogP contribution in [0.4, 0.5) is 0 Å². The van der Waals surface area contributed by atoms with E-state index in [-0.39, 0.29) is 17.7 Å². The van der Waals surface area contributed by atoms with Gasteiger partial charge in [0, 0.05) is 32.7 Å². The minimum atomic E-state index is -0.145. The van der Waals surface area contributed by atoms with Gasteiger partial charge in [-0.15, -0.1) is 0 Å². The molecule has 2 aliphatic rings. The maximum atomic E-state index is 13.3. The van der Waals surface area contributed by atoms with E-state index in [9.17, 15) is 9.59 Å². The fourth-order valence-electron chi connectivity index (χ4n) is 4.01. The van der Waals surface area contributed by atoms with Gasteiger partial charge in [0.05, 0.1) is 5.57 Å². The Balaban J connectivity index is 2.05. The van der Waals surface area contributed by atoms with E-state index in [0.29, 0.717) is 17.8 Å². The van der Waals surface area contributed by atoms with Gasteiger partial charge in [-0.1, -0.05) is 44.5 Å². The van der Waals surface area contributed by atoms with E-state index in [1.807, 2.05) is 39.8 Å². The Morgan fingerprint density at radius 3 is 2.22 bits per heavy atom. The van der Waals surface area contributed by atoms with Gasteiger partial charge in [-0.2, -0.15) is 0 Å². The van der Waals surface area contributed by atoms with Crippen molar-refractivity contribution in [3.8, 4) is 0 Å². The van der Waals surface area contributed by atoms with Crippen LogP contribution in [0.2, 0.25) is 0 Å². The predicted octanol–water partition coefficient (Wildman–Crippen LogP) is 2.68. The van der Waals surface area contributed by atoms with Crippen molar-refractivity contribution < 1.29 is 9.59 Å². The zero-order chi connectivity index (χ0) is 19.7. The number of carbonyl (C=O) groups excluding carboxylic acids is 2. The first-order valence-electron chi connectivity index (χ1n) is 9.98. The summed E-state index contributed by atoms with van der Waals surface area (Å²) in [7, 11) is 0. The van der Waals surface area contributed by atoms with Gasteiger partial charge in [-0.05, 0) is 37.4 Å². The molecule has 2 amide bonds. The number of nitrogens with zero attached hydrogens (tertiary/aromatic N) is 3. The monoisotopic (exact) mass is 369 g/mol. The van der Waals surface area contributed by atoms with Gasteiger partial charge in [0.2, 0.25) is 0 Å². The summed E-state index contributed by atoms with van der Waals surface area (Å²) in [4.78, 5) is 32.5. The molecule has 27 heavy (non-hydrogen) atoms. The third-order valence-electron chi connectivity index (χ3n) is 5.48. The molecule has 0 spiro atoms. The number of benzene rings is 1. The average Bonchev–Trinajstić information content (AvgIpc) is 2.86. The summed E-state index contributed by atoms with van der Waals surface area (Å²) >= 11 is 0. The number of likely N-dealkylation sites (N-methyl/N-ethyl adjacent to an activating group) is 1. The van der Waals surface area contributed by atoms with Gasteiger partial charge in [-0.3, -0.25) is 14.5 Å². The molecule has 3 rings (SSSR count). The molecule has 0 atom stereocenters. The fourth-order valence-corrected chi connectivity index (χ4v) is 4.01. The quantitative estimate of drug-likeness (QED) is 0.749. The highest BCUT2D eigenvalue weighted by Gasteiger charge is 2.42. The third kappa shape index (κ3) is 3.79. The predicted molar refractivity (Wildman–Crippen MR) is 108 cm³/mol. The number of aryl methyl sites for hydroxylation is 2. The lowest BCUT2D eigenvalue weighted by Gasteiger charge is -2.36. The second-order valence-corrected chi connectivity index (χ2v) is 8.08. The molecule has 5 heteroatoms. The molecule has 146 valence electrons. The van der Waals surface area contributed by atoms with Crippen LogP contribution in [0, 0.1) is 19.8 Å². The highest BCUT2D eigenvalue weighted by Crippen LogP contribution is 2.34. The summed E-state index contributed by atoms with van der Waals surface area (Å²) in [6.45, 7) is 15.2. The van der Waals surface area contributed by atoms with Gasteiger partial charge in [0.15, 0.2) is 0 Å². The summed E-state index contributed by atoms with van der Waals surface area (Å²) in [6, 6.07) is 6.09. The minimum Gasteiger partial charge on any atom is -0.364 e. The number of carbonyl (C=O) groups is 2. The Hall–Kier alpha value is -2.14. The molecule has 2 aliphatic heterocycles. The van der Waals surface area contributed by atoms with Gasteiger partial charge in [-0.25, -0.2) is 0 Å². The molecule has 1 aromatic carbocycles. The lowest BCUT2D eigenvalue weighted by atomic mass is 9.97. The van der Waals surface area contributed by atoms with Crippen LogP contribution in [-0.4, -0.2) is 65.8 Å². The molecular weight excluding hydrogens is 338 g/mol. The standard InChI is InChI=1S/C22H31N3O2/c1-6-23-9-11-24(12-10-23)20-19(18-8-7-16(4)13-17(18)5)21(26)25(22(20)27)14-15(2)3/h7-8,13,15H,6,9-12,14H2,1-5H3. The second-order valence-electron chi connectivity index (χ2n) is 8.08. The van der Waals surface area contributed by atoms with Crippen molar-refractivity contribution in [2.24, 2.45) is 5.92 Å². The highest BCUT2D eigenvalue weighted by molar-refractivity contribution is 6.35. The second kappa shape index (κ2) is 7.85. The number of amides is 2. The molecule has 0 bridgehead atoms. The zero-order valence-corrected chi connectivity index (χ0v) is 17.2. The topological polar surface area (TPSA) is 43.9 Å². The molecule has 0 aliphatic carbocycles. The van der Waals surface area contributed by atoms with Crippen molar-refractivity contribution in [1.82, 2.24) is 14.7 Å². The molecule has 5 nitrogen and oxygen atoms in total. The largest absolute Gasteiger partial charge is 0.364 e. The molecule has 2 heterocycles. The Labute approximate surface area is 162 Å². The van der Waals surface area contributed by atoms with Crippen LogP contribution in [0.3, 0.4) is 0 Å². The third-order valence-corrected chi connectivity index (χ3v) is 5.48. The van der Waals surface area contributed by atoms with Crippen LogP contribution in [0.1, 0.15) is 37.5 Å². The van der Waals surface area contributed by atoms with Gasteiger partial charge >= 0.3 is 0 Å². The maximum Gasteiger partial charge on any atom is 0.277 e. The van der Waals surface area contributed by atoms with Crippen molar-refractivity contribution in [2.45, 2.75) is 34.6 Å². The first kappa shape index (κ1) is 19.6. The van der Waals surface area contributed by atoms with Crippen LogP contribution in [0.25, 0.3) is 5.57 Å². The summed E-state index contributed by atoms with van der Waals surface area (Å²) in [5, 5.41) is 0. The van der Waals surface area contributed by atoms with Crippen LogP contribution in [0.15, 0.2) is 23.9 Å². The highest BCUT2D eigenvalue weighted by atomic mass is 16.2. The van der Waals surface area contributed by atoms with E-state index in [0.717, 1.165) is 49.4 Å². The van der Waals surface area contributed by atoms with Gasteiger partial charge < -0.3 is 9.80 Å². The number of hydrogen-bond donors (Lipinski definition) is 0. The average molecular weight is 370 g/mol. The zero-order valence-electron chi connectivity index (χ0n) is 17.2. The van der Waals surface area contributed by atoms with Crippen molar-refractivity contribution in [3.05, 3.63) is 40.6 Å². The van der Waals surface area contributed by atoms with E-state index in [1.165, 1.54) is 4.90 Å². The number of hydrogen-bond acceptors (Lipinski definition) is 4. The van der Waals surface area contributed by atoms with E-state index >= 15 is 0 Å². The molecule has 1 saturated heterocycles. The molecule has 0 radical (unpaired) electrons. The smallest absolute Gasteiger partial charge is 0.277 e. The van der Waals surface area contributed by atoms with E-state index in [2.05, 4.69) is 22.8 Å². The van der Waals surface area contributed by atoms with Crippen molar-refractivity contribution in [3.63, 3.8) is 0 Å². The molecule has 0 unspecified atom stereocenters. The summed E-state index contributed by atoms with van der Waals surface area (Å²) < 4.78 is 0. The van der Waals surface area contributed by atoms with Gasteiger partial charge in [0.25, 0.3) is 11.8 Å². The van der Waals surface area contributed by atoms with E-state index in [4.69, 9.17) is 0 Å². The van der Waals surface area contributed by atoms with Crippen LogP contribution >= 0.6 is 0 Å². The van der Waals surface area contributed by atoms with Crippen molar-refractivity contribution in [2.75, 3.05) is 39.3 Å². The van der Waals surface area contributed by atoms with Gasteiger partial charge in [0.1, 0.15) is 5.70 Å². The van der Waals surface area contributed by atoms with Crippen LogP contribution in [-0.2, 0) is 9.59 Å². The molecule has 1 aromatic rings. The van der Waals surface area contributed by atoms with Crippen molar-refractivity contribution in [1.29, 1.82) is 0 Å². The Morgan fingerprint density at radius 1 is 1.00 bits per heavy atom.